The van der Waals surface area contributed by atoms with Gasteiger partial charge in [-0.3, -0.25) is 0 Å². The molecule has 1 aliphatic rings. The summed E-state index contributed by atoms with van der Waals surface area (Å²) in [4.78, 5) is 15.1. The predicted molar refractivity (Wildman–Crippen MR) is 97.1 cm³/mol. The summed E-state index contributed by atoms with van der Waals surface area (Å²) in [7, 11) is 2.05. The van der Waals surface area contributed by atoms with Crippen LogP contribution in [-0.4, -0.2) is 42.2 Å². The van der Waals surface area contributed by atoms with Crippen molar-refractivity contribution in [1.82, 2.24) is 4.90 Å². The van der Waals surface area contributed by atoms with E-state index < -0.39 is 11.6 Å². The first-order valence-corrected chi connectivity index (χ1v) is 8.83. The maximum atomic E-state index is 12.9. The van der Waals surface area contributed by atoms with Crippen LogP contribution >= 0.6 is 0 Å². The molecule has 1 saturated heterocycles. The largest absolute Gasteiger partial charge is 0.461 e. The zero-order valence-electron chi connectivity index (χ0n) is 14.6. The Bertz CT molecular complexity index is 647. The van der Waals surface area contributed by atoms with Crippen LogP contribution in [0.25, 0.3) is 0 Å². The zero-order valence-corrected chi connectivity index (χ0v) is 14.6. The first kappa shape index (κ1) is 17.6. The minimum atomic E-state index is -1.80. The Morgan fingerprint density at radius 1 is 1.08 bits per heavy atom. The highest BCUT2D eigenvalue weighted by Crippen LogP contribution is 2.31. The molecule has 1 atom stereocenters. The fourth-order valence-corrected chi connectivity index (χ4v) is 3.39. The lowest BCUT2D eigenvalue weighted by Crippen LogP contribution is -2.43. The monoisotopic (exact) mass is 339 g/mol. The second-order valence-corrected chi connectivity index (χ2v) is 6.67. The van der Waals surface area contributed by atoms with Gasteiger partial charge in [-0.05, 0) is 37.6 Å². The molecule has 4 nitrogen and oxygen atoms in total. The molecule has 0 amide bonds. The summed E-state index contributed by atoms with van der Waals surface area (Å²) in [5.74, 6) is -0.621. The van der Waals surface area contributed by atoms with E-state index in [0.29, 0.717) is 17.7 Å². The molecule has 3 rings (SSSR count). The molecule has 0 spiro atoms. The molecule has 0 bridgehead atoms. The van der Waals surface area contributed by atoms with Crippen molar-refractivity contribution in [3.8, 4) is 0 Å². The summed E-state index contributed by atoms with van der Waals surface area (Å²) in [6, 6.07) is 18.2. The van der Waals surface area contributed by atoms with Gasteiger partial charge in [-0.15, -0.1) is 0 Å². The number of likely N-dealkylation sites (N-methyl/N-ethyl adjacent to an activating group) is 1. The lowest BCUT2D eigenvalue weighted by molar-refractivity contribution is -0.164. The number of ether oxygens (including phenoxy) is 1. The van der Waals surface area contributed by atoms with Crippen molar-refractivity contribution in [2.45, 2.75) is 30.9 Å². The molecule has 0 radical (unpaired) electrons. The highest BCUT2D eigenvalue weighted by Gasteiger charge is 2.42. The molecular weight excluding hydrogens is 314 g/mol. The van der Waals surface area contributed by atoms with Gasteiger partial charge in [0.1, 0.15) is 6.61 Å². The molecule has 0 aromatic heterocycles. The number of carbonyl (C=O) groups is 1. The molecular formula is C21H25NO3. The number of hydrogen-bond acceptors (Lipinski definition) is 4. The first-order chi connectivity index (χ1) is 12.1. The number of piperidine rings is 1. The van der Waals surface area contributed by atoms with Gasteiger partial charge in [0.2, 0.25) is 5.60 Å². The fourth-order valence-electron chi connectivity index (χ4n) is 3.39. The van der Waals surface area contributed by atoms with E-state index in [-0.39, 0.29) is 6.04 Å². The van der Waals surface area contributed by atoms with E-state index in [4.69, 9.17) is 4.74 Å². The van der Waals surface area contributed by atoms with Crippen molar-refractivity contribution in [2.24, 2.45) is 0 Å². The minimum absolute atomic E-state index is 0.216. The molecule has 1 aliphatic heterocycles. The van der Waals surface area contributed by atoms with Crippen molar-refractivity contribution in [3.63, 3.8) is 0 Å². The molecule has 2 aromatic carbocycles. The van der Waals surface area contributed by atoms with Gasteiger partial charge >= 0.3 is 5.97 Å². The summed E-state index contributed by atoms with van der Waals surface area (Å²) >= 11 is 0. The fraction of sp³-hybridized carbons (Fsp3) is 0.381. The van der Waals surface area contributed by atoms with Crippen LogP contribution in [0.3, 0.4) is 0 Å². The van der Waals surface area contributed by atoms with Crippen LogP contribution in [-0.2, 0) is 15.1 Å². The van der Waals surface area contributed by atoms with Gasteiger partial charge in [0, 0.05) is 6.04 Å². The van der Waals surface area contributed by atoms with Gasteiger partial charge < -0.3 is 14.7 Å². The summed E-state index contributed by atoms with van der Waals surface area (Å²) in [5.41, 5.74) is -0.762. The number of nitrogens with zero attached hydrogens (tertiary/aromatic N) is 1. The average Bonchev–Trinajstić information content (AvgIpc) is 2.68. The van der Waals surface area contributed by atoms with E-state index >= 15 is 0 Å². The van der Waals surface area contributed by atoms with Crippen LogP contribution < -0.4 is 0 Å². The van der Waals surface area contributed by atoms with Gasteiger partial charge in [0.25, 0.3) is 0 Å². The average molecular weight is 339 g/mol. The molecule has 1 N–H and O–H groups in total. The minimum Gasteiger partial charge on any atom is -0.461 e. The number of aliphatic hydroxyl groups is 1. The summed E-state index contributed by atoms with van der Waals surface area (Å²) in [5, 5.41) is 11.3. The van der Waals surface area contributed by atoms with E-state index in [0.717, 1.165) is 19.4 Å². The Balaban J connectivity index is 1.83. The van der Waals surface area contributed by atoms with Crippen LogP contribution in [0.5, 0.6) is 0 Å². The van der Waals surface area contributed by atoms with Gasteiger partial charge in [-0.2, -0.15) is 0 Å². The third-order valence-corrected chi connectivity index (χ3v) is 5.01. The van der Waals surface area contributed by atoms with Gasteiger partial charge in [0.05, 0.1) is 0 Å². The molecule has 0 unspecified atom stereocenters. The third kappa shape index (κ3) is 3.75. The maximum absolute atomic E-state index is 12.9. The second-order valence-electron chi connectivity index (χ2n) is 6.67. The van der Waals surface area contributed by atoms with Gasteiger partial charge in [-0.1, -0.05) is 67.1 Å². The summed E-state index contributed by atoms with van der Waals surface area (Å²) in [6.45, 7) is 1.32. The van der Waals surface area contributed by atoms with Crippen molar-refractivity contribution < 1.29 is 14.6 Å². The number of rotatable bonds is 5. The van der Waals surface area contributed by atoms with E-state index in [2.05, 4.69) is 11.9 Å². The topological polar surface area (TPSA) is 49.8 Å². The lowest BCUT2D eigenvalue weighted by atomic mass is 9.86. The highest BCUT2D eigenvalue weighted by molar-refractivity contribution is 5.85. The van der Waals surface area contributed by atoms with Crippen LogP contribution in [0.1, 0.15) is 30.4 Å². The van der Waals surface area contributed by atoms with E-state index in [1.54, 1.807) is 24.3 Å². The Kier molecular flexibility index (Phi) is 5.51. The SMILES string of the molecule is CN1CCCC[C@@H]1COC(=O)C(O)(c1ccccc1)c1ccccc1. The number of carbonyl (C=O) groups excluding carboxylic acids is 1. The Hall–Kier alpha value is -2.17. The molecule has 2 aromatic rings. The maximum Gasteiger partial charge on any atom is 0.347 e. The molecule has 4 heteroatoms. The molecule has 0 saturated carbocycles. The smallest absolute Gasteiger partial charge is 0.347 e. The lowest BCUT2D eigenvalue weighted by Gasteiger charge is -2.33. The Labute approximate surface area is 149 Å². The zero-order chi connectivity index (χ0) is 17.7. The first-order valence-electron chi connectivity index (χ1n) is 8.83. The molecule has 1 heterocycles. The van der Waals surface area contributed by atoms with Gasteiger partial charge in [-0.25, -0.2) is 4.79 Å². The van der Waals surface area contributed by atoms with Crippen molar-refractivity contribution in [2.75, 3.05) is 20.2 Å². The number of likely N-dealkylation sites (tertiary alicyclic amines) is 1. The third-order valence-electron chi connectivity index (χ3n) is 5.01. The predicted octanol–water partition coefficient (Wildman–Crippen LogP) is 2.95. The van der Waals surface area contributed by atoms with Crippen molar-refractivity contribution in [1.29, 1.82) is 0 Å². The Morgan fingerprint density at radius 3 is 2.16 bits per heavy atom. The summed E-state index contributed by atoms with van der Waals surface area (Å²) < 4.78 is 5.60. The highest BCUT2D eigenvalue weighted by atomic mass is 16.6. The normalized spacial score (nSPS) is 18.7. The van der Waals surface area contributed by atoms with Crippen LogP contribution in [0, 0.1) is 0 Å². The number of hydrogen-bond donors (Lipinski definition) is 1. The van der Waals surface area contributed by atoms with Crippen molar-refractivity contribution >= 4 is 5.97 Å². The summed E-state index contributed by atoms with van der Waals surface area (Å²) in [6.07, 6.45) is 3.34. The molecule has 25 heavy (non-hydrogen) atoms. The molecule has 0 aliphatic carbocycles. The van der Waals surface area contributed by atoms with E-state index in [1.165, 1.54) is 6.42 Å². The molecule has 1 fully saturated rings. The Morgan fingerprint density at radius 2 is 1.64 bits per heavy atom. The van der Waals surface area contributed by atoms with Crippen molar-refractivity contribution in [3.05, 3.63) is 71.8 Å². The van der Waals surface area contributed by atoms with Gasteiger partial charge in [0.15, 0.2) is 0 Å². The number of benzene rings is 2. The standard InChI is InChI=1S/C21H25NO3/c1-22-15-9-8-14-19(22)16-25-20(23)21(24,17-10-4-2-5-11-17)18-12-6-3-7-13-18/h2-7,10-13,19,24H,8-9,14-16H2,1H3/t19-/m1/s1. The second kappa shape index (κ2) is 7.81. The van der Waals surface area contributed by atoms with E-state index in [1.807, 2.05) is 36.4 Å². The van der Waals surface area contributed by atoms with E-state index in [9.17, 15) is 9.90 Å². The van der Waals surface area contributed by atoms with Crippen LogP contribution in [0.4, 0.5) is 0 Å². The van der Waals surface area contributed by atoms with Crippen LogP contribution in [0.2, 0.25) is 0 Å². The van der Waals surface area contributed by atoms with Crippen LogP contribution in [0.15, 0.2) is 60.7 Å². The number of esters is 1. The quantitative estimate of drug-likeness (QED) is 0.851. The molecule has 132 valence electrons.